The van der Waals surface area contributed by atoms with E-state index in [1.807, 2.05) is 76.9 Å². The molecular weight excluding hydrogens is 391 g/mol. The largest absolute Gasteiger partial charge is 0.422 e. The van der Waals surface area contributed by atoms with Gasteiger partial charge in [0.15, 0.2) is 0 Å². The summed E-state index contributed by atoms with van der Waals surface area (Å²) < 4.78 is 25.0. The van der Waals surface area contributed by atoms with E-state index < -0.39 is 7.67 Å². The van der Waals surface area contributed by atoms with Crippen molar-refractivity contribution in [1.29, 1.82) is 0 Å². The first kappa shape index (κ1) is 20.9. The summed E-state index contributed by atoms with van der Waals surface area (Å²) in [5, 5.41) is 0. The topological polar surface area (TPSA) is 32.8 Å². The van der Waals surface area contributed by atoms with E-state index in [-0.39, 0.29) is 12.1 Å². The van der Waals surface area contributed by atoms with Gasteiger partial charge in [-0.05, 0) is 44.0 Å². The molecule has 2 atom stereocenters. The van der Waals surface area contributed by atoms with Crippen molar-refractivity contribution in [3.8, 4) is 5.75 Å². The van der Waals surface area contributed by atoms with Crippen LogP contribution in [0.1, 0.15) is 42.6 Å². The van der Waals surface area contributed by atoms with Crippen molar-refractivity contribution >= 4 is 7.67 Å². The monoisotopic (exact) mass is 420 g/mol. The molecule has 4 rings (SSSR count). The van der Waals surface area contributed by atoms with Crippen LogP contribution in [0.4, 0.5) is 0 Å². The Kier molecular flexibility index (Phi) is 6.10. The minimum Gasteiger partial charge on any atom is -0.422 e. The number of rotatable bonds is 6. The van der Waals surface area contributed by atoms with Crippen molar-refractivity contribution in [2.45, 2.75) is 32.9 Å². The van der Waals surface area contributed by atoms with Gasteiger partial charge in [0.2, 0.25) is 0 Å². The molecule has 4 nitrogen and oxygen atoms in total. The molecule has 1 fully saturated rings. The maximum atomic E-state index is 14.6. The van der Waals surface area contributed by atoms with Crippen LogP contribution in [0.3, 0.4) is 0 Å². The standard InChI is InChI=1S/C25H29N2O2P/c1-20-14-16-25(17-15-20)29-30(28)26(21(2)23-10-6-4-7-11-23)18-19-27(30)22(3)24-12-8-5-9-13-24/h4-17,21-22H,18-19H2,1-3H3/t21-,22-/m0/s1. The second kappa shape index (κ2) is 8.77. The third-order valence-corrected chi connectivity index (χ3v) is 8.75. The average molecular weight is 420 g/mol. The summed E-state index contributed by atoms with van der Waals surface area (Å²) in [5.74, 6) is 0.640. The highest BCUT2D eigenvalue weighted by molar-refractivity contribution is 7.54. The van der Waals surface area contributed by atoms with Crippen LogP contribution in [0, 0.1) is 6.92 Å². The number of aryl methyl sites for hydroxylation is 1. The molecule has 0 aliphatic carbocycles. The van der Waals surface area contributed by atoms with Crippen molar-refractivity contribution in [1.82, 2.24) is 9.34 Å². The second-order valence-corrected chi connectivity index (χ2v) is 10.1. The molecule has 0 spiro atoms. The summed E-state index contributed by atoms with van der Waals surface area (Å²) in [6, 6.07) is 28.2. The van der Waals surface area contributed by atoms with Crippen molar-refractivity contribution in [2.24, 2.45) is 0 Å². The molecular formula is C25H29N2O2P. The summed E-state index contributed by atoms with van der Waals surface area (Å²) in [6.45, 7) is 7.64. The van der Waals surface area contributed by atoms with Gasteiger partial charge in [-0.2, -0.15) is 0 Å². The Balaban J connectivity index is 1.71. The molecule has 30 heavy (non-hydrogen) atoms. The zero-order valence-corrected chi connectivity index (χ0v) is 18.7. The minimum absolute atomic E-state index is 0.0181. The van der Waals surface area contributed by atoms with Gasteiger partial charge in [-0.15, -0.1) is 0 Å². The van der Waals surface area contributed by atoms with Crippen LogP contribution < -0.4 is 4.52 Å². The lowest BCUT2D eigenvalue weighted by Crippen LogP contribution is -2.27. The Labute approximate surface area is 179 Å². The molecule has 5 heteroatoms. The van der Waals surface area contributed by atoms with Gasteiger partial charge in [-0.1, -0.05) is 78.4 Å². The second-order valence-electron chi connectivity index (χ2n) is 7.89. The minimum atomic E-state index is -3.30. The Morgan fingerprint density at radius 3 is 1.60 bits per heavy atom. The van der Waals surface area contributed by atoms with E-state index in [9.17, 15) is 4.57 Å². The fourth-order valence-electron chi connectivity index (χ4n) is 4.08. The predicted octanol–water partition coefficient (Wildman–Crippen LogP) is 6.62. The van der Waals surface area contributed by atoms with Crippen LogP contribution in [-0.2, 0) is 4.57 Å². The molecule has 156 valence electrons. The molecule has 0 saturated carbocycles. The summed E-state index contributed by atoms with van der Waals surface area (Å²) in [7, 11) is -3.30. The number of benzene rings is 3. The summed E-state index contributed by atoms with van der Waals surface area (Å²) in [5.41, 5.74) is 3.43. The molecule has 0 bridgehead atoms. The third-order valence-electron chi connectivity index (χ3n) is 5.91. The van der Waals surface area contributed by atoms with Gasteiger partial charge < -0.3 is 4.52 Å². The van der Waals surface area contributed by atoms with Crippen molar-refractivity contribution in [3.63, 3.8) is 0 Å². The predicted molar refractivity (Wildman–Crippen MR) is 123 cm³/mol. The first-order chi connectivity index (χ1) is 14.5. The molecule has 0 N–H and O–H groups in total. The highest BCUT2D eigenvalue weighted by atomic mass is 31.2. The molecule has 3 aromatic rings. The van der Waals surface area contributed by atoms with Crippen molar-refractivity contribution in [2.75, 3.05) is 13.1 Å². The number of hydrogen-bond acceptors (Lipinski definition) is 2. The van der Waals surface area contributed by atoms with Crippen LogP contribution in [0.25, 0.3) is 0 Å². The van der Waals surface area contributed by atoms with Gasteiger partial charge in [0.25, 0.3) is 0 Å². The zero-order valence-electron chi connectivity index (χ0n) is 17.8. The quantitative estimate of drug-likeness (QED) is 0.420. The Hall–Kier alpha value is -2.39. The average Bonchev–Trinajstić information content (AvgIpc) is 3.12. The maximum absolute atomic E-state index is 14.6. The molecule has 3 aromatic carbocycles. The molecule has 0 amide bonds. The van der Waals surface area contributed by atoms with Crippen LogP contribution in [-0.4, -0.2) is 22.4 Å². The normalized spacial score (nSPS) is 18.8. The zero-order chi connectivity index (χ0) is 21.1. The Morgan fingerprint density at radius 1 is 0.733 bits per heavy atom. The van der Waals surface area contributed by atoms with E-state index in [2.05, 4.69) is 38.1 Å². The van der Waals surface area contributed by atoms with Crippen LogP contribution >= 0.6 is 7.67 Å². The molecule has 0 unspecified atom stereocenters. The van der Waals surface area contributed by atoms with Crippen LogP contribution in [0.2, 0.25) is 0 Å². The summed E-state index contributed by atoms with van der Waals surface area (Å²) in [4.78, 5) is 0. The number of nitrogens with zero attached hydrogens (tertiary/aromatic N) is 2. The molecule has 0 radical (unpaired) electrons. The first-order valence-electron chi connectivity index (χ1n) is 10.5. The summed E-state index contributed by atoms with van der Waals surface area (Å²) >= 11 is 0. The molecule has 1 aliphatic heterocycles. The molecule has 0 aromatic heterocycles. The Morgan fingerprint density at radius 2 is 1.17 bits per heavy atom. The van der Waals surface area contributed by atoms with Crippen molar-refractivity contribution in [3.05, 3.63) is 102 Å². The number of hydrogen-bond donors (Lipinski definition) is 0. The van der Waals surface area contributed by atoms with Gasteiger partial charge in [0.1, 0.15) is 5.75 Å². The third kappa shape index (κ3) is 4.09. The first-order valence-corrected chi connectivity index (χ1v) is 12.0. The molecule has 1 saturated heterocycles. The molecule has 1 aliphatic rings. The SMILES string of the molecule is Cc1ccc(OP2(=O)N([C@@H](C)c3ccccc3)CCN2[C@@H](C)c2ccccc2)cc1. The smallest absolute Gasteiger partial charge is 0.396 e. The van der Waals surface area contributed by atoms with Gasteiger partial charge in [-0.3, -0.25) is 0 Å². The summed E-state index contributed by atoms with van der Waals surface area (Å²) in [6.07, 6.45) is 0. The fourth-order valence-corrected chi connectivity index (χ4v) is 6.81. The Bertz CT molecular complexity index is 951. The van der Waals surface area contributed by atoms with Gasteiger partial charge in [-0.25, -0.2) is 13.9 Å². The highest BCUT2D eigenvalue weighted by Gasteiger charge is 2.50. The van der Waals surface area contributed by atoms with E-state index in [0.29, 0.717) is 18.8 Å². The van der Waals surface area contributed by atoms with Gasteiger partial charge >= 0.3 is 7.67 Å². The lowest BCUT2D eigenvalue weighted by Gasteiger charge is -2.35. The van der Waals surface area contributed by atoms with Crippen molar-refractivity contribution < 1.29 is 9.09 Å². The molecule has 1 heterocycles. The van der Waals surface area contributed by atoms with E-state index in [1.165, 1.54) is 0 Å². The highest BCUT2D eigenvalue weighted by Crippen LogP contribution is 2.63. The van der Waals surface area contributed by atoms with E-state index >= 15 is 0 Å². The lowest BCUT2D eigenvalue weighted by atomic mass is 10.1. The van der Waals surface area contributed by atoms with Gasteiger partial charge in [0.05, 0.1) is 0 Å². The van der Waals surface area contributed by atoms with Crippen LogP contribution in [0.15, 0.2) is 84.9 Å². The fraction of sp³-hybridized carbons (Fsp3) is 0.280. The van der Waals surface area contributed by atoms with E-state index in [1.54, 1.807) is 0 Å². The van der Waals surface area contributed by atoms with E-state index in [0.717, 1.165) is 16.7 Å². The lowest BCUT2D eigenvalue weighted by molar-refractivity contribution is 0.301. The maximum Gasteiger partial charge on any atom is 0.396 e. The van der Waals surface area contributed by atoms with Gasteiger partial charge in [0, 0.05) is 25.2 Å². The van der Waals surface area contributed by atoms with Crippen LogP contribution in [0.5, 0.6) is 5.75 Å². The van der Waals surface area contributed by atoms with E-state index in [4.69, 9.17) is 4.52 Å².